The van der Waals surface area contributed by atoms with Crippen LogP contribution in [0.1, 0.15) is 18.4 Å². The number of carbonyl (C=O) groups is 2. The van der Waals surface area contributed by atoms with Gasteiger partial charge in [0.2, 0.25) is 5.91 Å². The summed E-state index contributed by atoms with van der Waals surface area (Å²) in [6.07, 6.45) is 0.839. The molecule has 1 saturated heterocycles. The number of thioether (sulfide) groups is 1. The van der Waals surface area contributed by atoms with Crippen molar-refractivity contribution in [2.75, 3.05) is 4.90 Å². The summed E-state index contributed by atoms with van der Waals surface area (Å²) in [6.45, 7) is 0.181. The number of anilines is 1. The zero-order valence-corrected chi connectivity index (χ0v) is 15.1. The maximum atomic E-state index is 12.9. The minimum atomic E-state index is -0.956. The topological polar surface area (TPSA) is 46.6 Å². The van der Waals surface area contributed by atoms with Crippen molar-refractivity contribution in [2.45, 2.75) is 29.2 Å². The van der Waals surface area contributed by atoms with Gasteiger partial charge in [0, 0.05) is 27.8 Å². The molecule has 4 rings (SSSR count). The largest absolute Gasteiger partial charge is 0.458 e. The van der Waals surface area contributed by atoms with Crippen molar-refractivity contribution in [3.05, 3.63) is 58.6 Å². The average Bonchev–Trinajstić information content (AvgIpc) is 3.10. The Labute approximate surface area is 152 Å². The van der Waals surface area contributed by atoms with Gasteiger partial charge in [0.15, 0.2) is 4.87 Å². The Morgan fingerprint density at radius 1 is 1.21 bits per heavy atom. The van der Waals surface area contributed by atoms with Gasteiger partial charge in [-0.3, -0.25) is 9.69 Å². The van der Waals surface area contributed by atoms with E-state index in [9.17, 15) is 9.59 Å². The van der Waals surface area contributed by atoms with Gasteiger partial charge in [0.1, 0.15) is 6.61 Å². The van der Waals surface area contributed by atoms with E-state index in [0.717, 1.165) is 20.6 Å². The van der Waals surface area contributed by atoms with Crippen LogP contribution in [0.15, 0.2) is 57.9 Å². The third-order valence-corrected chi connectivity index (χ3v) is 6.54. The van der Waals surface area contributed by atoms with Crippen molar-refractivity contribution < 1.29 is 14.3 Å². The van der Waals surface area contributed by atoms with E-state index in [0.29, 0.717) is 12.8 Å². The Bertz CT molecular complexity index is 841. The van der Waals surface area contributed by atoms with Gasteiger partial charge in [0.05, 0.1) is 5.69 Å². The molecule has 1 atom stereocenters. The second kappa shape index (κ2) is 5.93. The zero-order valence-electron chi connectivity index (χ0n) is 12.7. The van der Waals surface area contributed by atoms with Crippen molar-refractivity contribution in [1.82, 2.24) is 0 Å². The number of para-hydroxylation sites is 1. The lowest BCUT2D eigenvalue weighted by atomic mass is 10.2. The van der Waals surface area contributed by atoms with Crippen molar-refractivity contribution in [3.63, 3.8) is 0 Å². The van der Waals surface area contributed by atoms with Gasteiger partial charge in [-0.15, -0.1) is 0 Å². The number of carbonyl (C=O) groups excluding carboxylic acids is 2. The van der Waals surface area contributed by atoms with E-state index in [-0.39, 0.29) is 18.5 Å². The maximum absolute atomic E-state index is 12.9. The van der Waals surface area contributed by atoms with E-state index >= 15 is 0 Å². The molecular weight excluding hydrogens is 390 g/mol. The number of fused-ring (bicyclic) bond motifs is 3. The Balaban J connectivity index is 1.60. The summed E-state index contributed by atoms with van der Waals surface area (Å²) in [4.78, 5) is 26.9. The summed E-state index contributed by atoms with van der Waals surface area (Å²) in [6, 6.07) is 15.2. The second-order valence-corrected chi connectivity index (χ2v) is 7.92. The molecule has 0 bridgehead atoms. The summed E-state index contributed by atoms with van der Waals surface area (Å²) < 4.78 is 6.49. The smallest absolute Gasteiger partial charge is 0.343 e. The predicted molar refractivity (Wildman–Crippen MR) is 95.7 cm³/mol. The second-order valence-electron chi connectivity index (χ2n) is 5.75. The highest BCUT2D eigenvalue weighted by Crippen LogP contribution is 2.56. The molecular formula is C18H14BrNO3S. The standard InChI is InChI=1S/C18H14BrNO3S/c19-13-6-2-1-5-12(13)11-23-17(22)18-10-9-16(21)20(18)14-7-3-4-8-15(14)24-18/h1-8H,9-11H2/t18-/m0/s1. The highest BCUT2D eigenvalue weighted by atomic mass is 79.9. The van der Waals surface area contributed by atoms with Crippen LogP contribution in [0.3, 0.4) is 0 Å². The zero-order chi connectivity index (χ0) is 16.7. The van der Waals surface area contributed by atoms with Crippen molar-refractivity contribution in [3.8, 4) is 0 Å². The van der Waals surface area contributed by atoms with E-state index < -0.39 is 4.87 Å². The molecule has 2 aromatic rings. The molecule has 2 aliphatic rings. The molecule has 0 aliphatic carbocycles. The molecule has 122 valence electrons. The third kappa shape index (κ3) is 2.36. The molecule has 0 spiro atoms. The first kappa shape index (κ1) is 15.7. The first-order valence-electron chi connectivity index (χ1n) is 7.63. The SMILES string of the molecule is O=C1CC[C@@]2(C(=O)OCc3ccccc3Br)Sc3ccccc3N12. The average molecular weight is 404 g/mol. The molecule has 0 radical (unpaired) electrons. The van der Waals surface area contributed by atoms with Crippen LogP contribution in [0.5, 0.6) is 0 Å². The lowest BCUT2D eigenvalue weighted by Crippen LogP contribution is -2.47. The Morgan fingerprint density at radius 3 is 2.79 bits per heavy atom. The van der Waals surface area contributed by atoms with E-state index in [1.54, 1.807) is 4.90 Å². The van der Waals surface area contributed by atoms with Gasteiger partial charge in [-0.2, -0.15) is 0 Å². The molecule has 2 aliphatic heterocycles. The van der Waals surface area contributed by atoms with Crippen LogP contribution >= 0.6 is 27.7 Å². The van der Waals surface area contributed by atoms with Crippen LogP contribution in [0, 0.1) is 0 Å². The van der Waals surface area contributed by atoms with Crippen molar-refractivity contribution >= 4 is 45.3 Å². The monoisotopic (exact) mass is 403 g/mol. The van der Waals surface area contributed by atoms with Gasteiger partial charge in [-0.1, -0.05) is 58.0 Å². The van der Waals surface area contributed by atoms with Crippen LogP contribution in [0.25, 0.3) is 0 Å². The van der Waals surface area contributed by atoms with Crippen LogP contribution < -0.4 is 4.90 Å². The highest BCUT2D eigenvalue weighted by molar-refractivity contribution is 9.10. The molecule has 0 N–H and O–H groups in total. The van der Waals surface area contributed by atoms with Crippen LogP contribution in [0.2, 0.25) is 0 Å². The summed E-state index contributed by atoms with van der Waals surface area (Å²) in [5.41, 5.74) is 1.71. The summed E-state index contributed by atoms with van der Waals surface area (Å²) >= 11 is 4.88. The minimum Gasteiger partial charge on any atom is -0.458 e. The van der Waals surface area contributed by atoms with Crippen LogP contribution in [0.4, 0.5) is 5.69 Å². The number of amides is 1. The third-order valence-electron chi connectivity index (χ3n) is 4.31. The lowest BCUT2D eigenvalue weighted by Gasteiger charge is -2.28. The number of rotatable bonds is 3. The van der Waals surface area contributed by atoms with Crippen molar-refractivity contribution in [1.29, 1.82) is 0 Å². The molecule has 24 heavy (non-hydrogen) atoms. The highest BCUT2D eigenvalue weighted by Gasteiger charge is 2.58. The van der Waals surface area contributed by atoms with Crippen molar-refractivity contribution in [2.24, 2.45) is 0 Å². The number of benzene rings is 2. The number of ether oxygens (including phenoxy) is 1. The van der Waals surface area contributed by atoms with Crippen LogP contribution in [-0.4, -0.2) is 16.7 Å². The van der Waals surface area contributed by atoms with Gasteiger partial charge in [-0.25, -0.2) is 4.79 Å². The lowest BCUT2D eigenvalue weighted by molar-refractivity contribution is -0.148. The van der Waals surface area contributed by atoms with E-state index in [2.05, 4.69) is 15.9 Å². The number of esters is 1. The summed E-state index contributed by atoms with van der Waals surface area (Å²) in [7, 11) is 0. The molecule has 1 fully saturated rings. The quantitative estimate of drug-likeness (QED) is 0.723. The summed E-state index contributed by atoms with van der Waals surface area (Å²) in [5, 5.41) is 0. The van der Waals surface area contributed by atoms with Crippen LogP contribution in [-0.2, 0) is 20.9 Å². The molecule has 2 aromatic carbocycles. The molecule has 4 nitrogen and oxygen atoms in total. The normalized spacial score (nSPS) is 21.5. The fourth-order valence-electron chi connectivity index (χ4n) is 3.14. The first-order chi connectivity index (χ1) is 11.6. The van der Waals surface area contributed by atoms with Gasteiger partial charge >= 0.3 is 5.97 Å². The van der Waals surface area contributed by atoms with Gasteiger partial charge < -0.3 is 4.74 Å². The van der Waals surface area contributed by atoms with E-state index in [1.807, 2.05) is 48.5 Å². The first-order valence-corrected chi connectivity index (χ1v) is 9.24. The minimum absolute atomic E-state index is 0.0229. The summed E-state index contributed by atoms with van der Waals surface area (Å²) in [5.74, 6) is -0.379. The Kier molecular flexibility index (Phi) is 3.89. The van der Waals surface area contributed by atoms with Gasteiger partial charge in [0.25, 0.3) is 0 Å². The number of nitrogens with zero attached hydrogens (tertiary/aromatic N) is 1. The maximum Gasteiger partial charge on any atom is 0.343 e. The molecule has 0 saturated carbocycles. The number of hydrogen-bond donors (Lipinski definition) is 0. The molecule has 0 aromatic heterocycles. The van der Waals surface area contributed by atoms with E-state index in [1.165, 1.54) is 11.8 Å². The molecule has 0 unspecified atom stereocenters. The molecule has 2 heterocycles. The Hall–Kier alpha value is -1.79. The predicted octanol–water partition coefficient (Wildman–Crippen LogP) is 4.12. The number of hydrogen-bond acceptors (Lipinski definition) is 4. The van der Waals surface area contributed by atoms with E-state index in [4.69, 9.17) is 4.74 Å². The molecule has 1 amide bonds. The fraction of sp³-hybridized carbons (Fsp3) is 0.222. The van der Waals surface area contributed by atoms with Gasteiger partial charge in [-0.05, 0) is 18.2 Å². The Morgan fingerprint density at radius 2 is 1.96 bits per heavy atom. The fourth-order valence-corrected chi connectivity index (χ4v) is 4.96. The molecule has 6 heteroatoms. The number of halogens is 1.